The number of hydrogen-bond acceptors (Lipinski definition) is 4. The highest BCUT2D eigenvalue weighted by Crippen LogP contribution is 2.34. The van der Waals surface area contributed by atoms with E-state index in [1.807, 2.05) is 18.2 Å². The molecule has 6 nitrogen and oxygen atoms in total. The smallest absolute Gasteiger partial charge is 0.242 e. The van der Waals surface area contributed by atoms with Crippen molar-refractivity contribution >= 4 is 29.4 Å². The number of benzene rings is 2. The molecule has 0 fully saturated rings. The molecule has 1 aromatic heterocycles. The van der Waals surface area contributed by atoms with Crippen molar-refractivity contribution in [2.45, 2.75) is 43.9 Å². The van der Waals surface area contributed by atoms with E-state index in [0.29, 0.717) is 18.8 Å². The standard InChI is InChI=1S/C24H25FN4O2S/c25-19-11-9-18(10-12-19)13-26-23(31)14-29-24(20-15-32-16-21(20)28-29)27-22(30)8-4-7-17-5-2-1-3-6-17/h1-3,5-6,9-12H,4,7-8,13-16H2,(H,26,31)(H,27,30). The normalized spacial score (nSPS) is 12.4. The van der Waals surface area contributed by atoms with Crippen LogP contribution in [0.1, 0.15) is 35.2 Å². The van der Waals surface area contributed by atoms with Crippen LogP contribution in [0.5, 0.6) is 0 Å². The molecule has 2 aromatic carbocycles. The zero-order valence-corrected chi connectivity index (χ0v) is 18.5. The molecule has 1 aliphatic rings. The number of nitrogens with one attached hydrogen (secondary N) is 2. The van der Waals surface area contributed by atoms with E-state index in [1.54, 1.807) is 28.6 Å². The van der Waals surface area contributed by atoms with E-state index < -0.39 is 0 Å². The van der Waals surface area contributed by atoms with Crippen LogP contribution >= 0.6 is 11.8 Å². The lowest BCUT2D eigenvalue weighted by Gasteiger charge is -2.11. The number of rotatable bonds is 9. The fraction of sp³-hybridized carbons (Fsp3) is 0.292. The molecule has 0 radical (unpaired) electrons. The van der Waals surface area contributed by atoms with E-state index in [1.165, 1.54) is 17.7 Å². The second-order valence-electron chi connectivity index (χ2n) is 7.71. The zero-order valence-electron chi connectivity index (χ0n) is 17.6. The summed E-state index contributed by atoms with van der Waals surface area (Å²) in [5.41, 5.74) is 3.94. The molecule has 32 heavy (non-hydrogen) atoms. The van der Waals surface area contributed by atoms with E-state index in [0.717, 1.165) is 41.2 Å². The van der Waals surface area contributed by atoms with Gasteiger partial charge in [-0.05, 0) is 36.1 Å². The molecular formula is C24H25FN4O2S. The maximum Gasteiger partial charge on any atom is 0.242 e. The molecular weight excluding hydrogens is 427 g/mol. The first-order valence-corrected chi connectivity index (χ1v) is 11.7. The van der Waals surface area contributed by atoms with Crippen LogP contribution < -0.4 is 10.6 Å². The summed E-state index contributed by atoms with van der Waals surface area (Å²) in [5, 5.41) is 10.4. The van der Waals surface area contributed by atoms with Gasteiger partial charge < -0.3 is 10.6 Å². The number of aryl methyl sites for hydroxylation is 1. The van der Waals surface area contributed by atoms with Gasteiger partial charge in [0.15, 0.2) is 0 Å². The van der Waals surface area contributed by atoms with Gasteiger partial charge >= 0.3 is 0 Å². The maximum atomic E-state index is 13.0. The average molecular weight is 453 g/mol. The summed E-state index contributed by atoms with van der Waals surface area (Å²) in [7, 11) is 0. The molecule has 0 aliphatic carbocycles. The topological polar surface area (TPSA) is 76.0 Å². The highest BCUT2D eigenvalue weighted by atomic mass is 32.2. The molecule has 0 atom stereocenters. The van der Waals surface area contributed by atoms with Crippen LogP contribution in [-0.2, 0) is 40.6 Å². The van der Waals surface area contributed by atoms with Gasteiger partial charge in [-0.25, -0.2) is 9.07 Å². The quantitative estimate of drug-likeness (QED) is 0.514. The van der Waals surface area contributed by atoms with Gasteiger partial charge in [0, 0.05) is 30.0 Å². The first-order chi connectivity index (χ1) is 15.6. The summed E-state index contributed by atoms with van der Waals surface area (Å²) in [6.07, 6.45) is 1.99. The Morgan fingerprint density at radius 1 is 1.00 bits per heavy atom. The first-order valence-electron chi connectivity index (χ1n) is 10.6. The molecule has 0 saturated carbocycles. The fourth-order valence-corrected chi connectivity index (χ4v) is 4.64. The lowest BCUT2D eigenvalue weighted by Crippen LogP contribution is -2.28. The van der Waals surface area contributed by atoms with Crippen molar-refractivity contribution in [3.8, 4) is 0 Å². The van der Waals surface area contributed by atoms with Gasteiger partial charge in [0.1, 0.15) is 18.2 Å². The van der Waals surface area contributed by atoms with Crippen LogP contribution in [0.25, 0.3) is 0 Å². The van der Waals surface area contributed by atoms with Crippen LogP contribution in [0.2, 0.25) is 0 Å². The summed E-state index contributed by atoms with van der Waals surface area (Å²) in [6, 6.07) is 16.1. The van der Waals surface area contributed by atoms with E-state index >= 15 is 0 Å². The average Bonchev–Trinajstić information content (AvgIpc) is 3.37. The monoisotopic (exact) mass is 452 g/mol. The molecule has 8 heteroatoms. The van der Waals surface area contributed by atoms with Gasteiger partial charge in [-0.3, -0.25) is 9.59 Å². The van der Waals surface area contributed by atoms with Gasteiger partial charge in [0.2, 0.25) is 11.8 Å². The van der Waals surface area contributed by atoms with E-state index in [9.17, 15) is 14.0 Å². The largest absolute Gasteiger partial charge is 0.350 e. The number of carbonyl (C=O) groups is 2. The van der Waals surface area contributed by atoms with Gasteiger partial charge in [0.05, 0.1) is 5.69 Å². The summed E-state index contributed by atoms with van der Waals surface area (Å²) in [6.45, 7) is 0.315. The summed E-state index contributed by atoms with van der Waals surface area (Å²) >= 11 is 1.74. The molecule has 2 amide bonds. The van der Waals surface area contributed by atoms with Gasteiger partial charge in [0.25, 0.3) is 0 Å². The predicted octanol–water partition coefficient (Wildman–Crippen LogP) is 4.05. The van der Waals surface area contributed by atoms with Crippen LogP contribution in [0.15, 0.2) is 54.6 Å². The lowest BCUT2D eigenvalue weighted by molar-refractivity contribution is -0.122. The second-order valence-corrected chi connectivity index (χ2v) is 8.70. The SMILES string of the molecule is O=C(Cn1nc2c(c1NC(=O)CCCc1ccccc1)CSC2)NCc1ccc(F)cc1. The van der Waals surface area contributed by atoms with Crippen LogP contribution in [-0.4, -0.2) is 21.6 Å². The Labute approximate surface area is 190 Å². The zero-order chi connectivity index (χ0) is 22.3. The minimum absolute atomic E-state index is 0.0124. The maximum absolute atomic E-state index is 13.0. The summed E-state index contributed by atoms with van der Waals surface area (Å²) in [5.74, 6) is 1.55. The minimum Gasteiger partial charge on any atom is -0.350 e. The highest BCUT2D eigenvalue weighted by Gasteiger charge is 2.24. The Balaban J connectivity index is 1.34. The first kappa shape index (κ1) is 22.1. The Hall–Kier alpha value is -3.13. The number of anilines is 1. The number of carbonyl (C=O) groups excluding carboxylic acids is 2. The van der Waals surface area contributed by atoms with E-state index in [4.69, 9.17) is 0 Å². The lowest BCUT2D eigenvalue weighted by atomic mass is 10.1. The van der Waals surface area contributed by atoms with Crippen molar-refractivity contribution in [2.24, 2.45) is 0 Å². The van der Waals surface area contributed by atoms with Gasteiger partial charge in [-0.15, -0.1) is 0 Å². The van der Waals surface area contributed by atoms with Crippen molar-refractivity contribution < 1.29 is 14.0 Å². The molecule has 0 unspecified atom stereocenters. The third-order valence-electron chi connectivity index (χ3n) is 5.29. The van der Waals surface area contributed by atoms with Crippen molar-refractivity contribution in [3.63, 3.8) is 0 Å². The number of hydrogen-bond donors (Lipinski definition) is 2. The van der Waals surface area contributed by atoms with Crippen LogP contribution in [0, 0.1) is 5.82 Å². The number of nitrogens with zero attached hydrogens (tertiary/aromatic N) is 2. The van der Waals surface area contributed by atoms with Gasteiger partial charge in [-0.1, -0.05) is 42.5 Å². The van der Waals surface area contributed by atoms with Crippen molar-refractivity contribution in [1.82, 2.24) is 15.1 Å². The predicted molar refractivity (Wildman–Crippen MR) is 123 cm³/mol. The summed E-state index contributed by atoms with van der Waals surface area (Å²) < 4.78 is 14.6. The van der Waals surface area contributed by atoms with E-state index in [2.05, 4.69) is 27.9 Å². The molecule has 2 heterocycles. The Morgan fingerprint density at radius 2 is 1.78 bits per heavy atom. The Kier molecular flexibility index (Phi) is 7.21. The molecule has 3 aromatic rings. The van der Waals surface area contributed by atoms with Crippen LogP contribution in [0.3, 0.4) is 0 Å². The number of thioether (sulfide) groups is 1. The van der Waals surface area contributed by atoms with Crippen molar-refractivity contribution in [3.05, 3.63) is 82.8 Å². The Bertz CT molecular complexity index is 1080. The number of aromatic nitrogens is 2. The molecule has 4 rings (SSSR count). The molecule has 0 spiro atoms. The number of fused-ring (bicyclic) bond motifs is 1. The van der Waals surface area contributed by atoms with Crippen molar-refractivity contribution in [2.75, 3.05) is 5.32 Å². The Morgan fingerprint density at radius 3 is 2.56 bits per heavy atom. The molecule has 166 valence electrons. The van der Waals surface area contributed by atoms with E-state index in [-0.39, 0.29) is 24.2 Å². The third-order valence-corrected chi connectivity index (χ3v) is 6.26. The molecule has 1 aliphatic heterocycles. The third kappa shape index (κ3) is 5.76. The second kappa shape index (κ2) is 10.5. The minimum atomic E-state index is -0.312. The number of amides is 2. The van der Waals surface area contributed by atoms with Crippen molar-refractivity contribution in [1.29, 1.82) is 0 Å². The fourth-order valence-electron chi connectivity index (χ4n) is 3.61. The summed E-state index contributed by atoms with van der Waals surface area (Å²) in [4.78, 5) is 25.1. The molecule has 0 bridgehead atoms. The van der Waals surface area contributed by atoms with Crippen LogP contribution in [0.4, 0.5) is 10.2 Å². The molecule has 0 saturated heterocycles. The number of halogens is 1. The highest BCUT2D eigenvalue weighted by molar-refractivity contribution is 7.98. The van der Waals surface area contributed by atoms with Gasteiger partial charge in [-0.2, -0.15) is 16.9 Å². The molecule has 2 N–H and O–H groups in total.